The number of nitrogens with two attached hydrogens (primary N) is 1. The molecule has 1 aromatic carbocycles. The van der Waals surface area contributed by atoms with Gasteiger partial charge in [0.1, 0.15) is 0 Å². The van der Waals surface area contributed by atoms with E-state index in [9.17, 15) is 4.79 Å². The van der Waals surface area contributed by atoms with Crippen molar-refractivity contribution >= 4 is 17.3 Å². The summed E-state index contributed by atoms with van der Waals surface area (Å²) >= 11 is 0. The lowest BCUT2D eigenvalue weighted by Crippen LogP contribution is -2.24. The Kier molecular flexibility index (Phi) is 4.20. The summed E-state index contributed by atoms with van der Waals surface area (Å²) in [5.74, 6) is -0.0245. The molecule has 1 fully saturated rings. The summed E-state index contributed by atoms with van der Waals surface area (Å²) in [5.41, 5.74) is 7.65. The van der Waals surface area contributed by atoms with Crippen LogP contribution >= 0.6 is 0 Å². The molecule has 0 aliphatic carbocycles. The molecule has 2 rings (SSSR count). The molecule has 1 saturated heterocycles. The number of benzene rings is 1. The molecule has 0 radical (unpaired) electrons. The van der Waals surface area contributed by atoms with Gasteiger partial charge in [0.25, 0.3) is 0 Å². The second-order valence-electron chi connectivity index (χ2n) is 4.97. The maximum Gasteiger partial charge on any atom is 0.225 e. The van der Waals surface area contributed by atoms with E-state index in [4.69, 9.17) is 5.73 Å². The van der Waals surface area contributed by atoms with Crippen LogP contribution in [0.1, 0.15) is 26.2 Å². The van der Waals surface area contributed by atoms with Crippen LogP contribution in [0.25, 0.3) is 0 Å². The van der Waals surface area contributed by atoms with Crippen molar-refractivity contribution in [1.29, 1.82) is 0 Å². The summed E-state index contributed by atoms with van der Waals surface area (Å²) in [7, 11) is 0. The van der Waals surface area contributed by atoms with Crippen LogP contribution in [-0.2, 0) is 4.79 Å². The minimum atomic E-state index is -0.105. The van der Waals surface area contributed by atoms with Crippen molar-refractivity contribution in [2.24, 2.45) is 5.73 Å². The normalized spacial score (nSPS) is 16.7. The third kappa shape index (κ3) is 3.47. The smallest absolute Gasteiger partial charge is 0.225 e. The summed E-state index contributed by atoms with van der Waals surface area (Å²) < 4.78 is 0. The monoisotopic (exact) mass is 247 g/mol. The molecule has 1 aliphatic rings. The molecule has 1 heterocycles. The minimum absolute atomic E-state index is 0.0245. The number of hydrogen-bond donors (Lipinski definition) is 2. The third-order valence-electron chi connectivity index (χ3n) is 3.11. The second-order valence-corrected chi connectivity index (χ2v) is 4.97. The molecule has 1 aliphatic heterocycles. The first-order valence-electron chi connectivity index (χ1n) is 6.55. The van der Waals surface area contributed by atoms with Crippen LogP contribution in [0.3, 0.4) is 0 Å². The molecule has 1 unspecified atom stereocenters. The first kappa shape index (κ1) is 12.9. The van der Waals surface area contributed by atoms with Gasteiger partial charge in [0.05, 0.1) is 0 Å². The zero-order chi connectivity index (χ0) is 13.0. The van der Waals surface area contributed by atoms with Gasteiger partial charge in [-0.15, -0.1) is 0 Å². The van der Waals surface area contributed by atoms with Gasteiger partial charge in [-0.2, -0.15) is 0 Å². The highest BCUT2D eigenvalue weighted by molar-refractivity contribution is 5.91. The molecule has 0 bridgehead atoms. The number of rotatable bonds is 4. The Morgan fingerprint density at radius 3 is 2.83 bits per heavy atom. The molecule has 3 N–H and O–H groups in total. The fourth-order valence-corrected chi connectivity index (χ4v) is 2.26. The maximum atomic E-state index is 11.7. The predicted molar refractivity (Wildman–Crippen MR) is 74.8 cm³/mol. The molecule has 4 nitrogen and oxygen atoms in total. The van der Waals surface area contributed by atoms with Crippen molar-refractivity contribution in [3.05, 3.63) is 24.3 Å². The predicted octanol–water partition coefficient (Wildman–Crippen LogP) is 1.96. The number of carbonyl (C=O) groups is 1. The van der Waals surface area contributed by atoms with Crippen LogP contribution in [0.4, 0.5) is 11.4 Å². The Labute approximate surface area is 108 Å². The number of nitrogens with zero attached hydrogens (tertiary/aromatic N) is 1. The Balaban J connectivity index is 2.00. The molecule has 0 saturated carbocycles. The largest absolute Gasteiger partial charge is 0.371 e. The SMILES string of the molecule is CC(N)CC(=O)Nc1cccc(N2CCCC2)c1. The number of nitrogens with one attached hydrogen (secondary N) is 1. The lowest BCUT2D eigenvalue weighted by atomic mass is 10.2. The van der Waals surface area contributed by atoms with Gasteiger partial charge >= 0.3 is 0 Å². The van der Waals surface area contributed by atoms with Crippen LogP contribution in [0, 0.1) is 0 Å². The summed E-state index contributed by atoms with van der Waals surface area (Å²) in [4.78, 5) is 14.0. The maximum absolute atomic E-state index is 11.7. The van der Waals surface area contributed by atoms with Gasteiger partial charge in [-0.25, -0.2) is 0 Å². The zero-order valence-corrected chi connectivity index (χ0v) is 10.9. The molecule has 4 heteroatoms. The Morgan fingerprint density at radius 1 is 1.44 bits per heavy atom. The highest BCUT2D eigenvalue weighted by atomic mass is 16.1. The topological polar surface area (TPSA) is 58.4 Å². The van der Waals surface area contributed by atoms with E-state index in [1.807, 2.05) is 25.1 Å². The molecule has 1 atom stereocenters. The number of carbonyl (C=O) groups excluding carboxylic acids is 1. The van der Waals surface area contributed by atoms with Crippen LogP contribution < -0.4 is 16.0 Å². The molecular formula is C14H21N3O. The fraction of sp³-hybridized carbons (Fsp3) is 0.500. The van der Waals surface area contributed by atoms with E-state index >= 15 is 0 Å². The number of hydrogen-bond acceptors (Lipinski definition) is 3. The lowest BCUT2D eigenvalue weighted by Gasteiger charge is -2.18. The van der Waals surface area contributed by atoms with Crippen LogP contribution in [0.2, 0.25) is 0 Å². The van der Waals surface area contributed by atoms with Crippen molar-refractivity contribution in [2.45, 2.75) is 32.2 Å². The van der Waals surface area contributed by atoms with Gasteiger partial charge in [0, 0.05) is 36.9 Å². The van der Waals surface area contributed by atoms with Crippen molar-refractivity contribution < 1.29 is 4.79 Å². The lowest BCUT2D eigenvalue weighted by molar-refractivity contribution is -0.116. The van der Waals surface area contributed by atoms with E-state index in [1.165, 1.54) is 18.5 Å². The highest BCUT2D eigenvalue weighted by Gasteiger charge is 2.13. The Morgan fingerprint density at radius 2 is 2.17 bits per heavy atom. The third-order valence-corrected chi connectivity index (χ3v) is 3.11. The van der Waals surface area contributed by atoms with Gasteiger partial charge in [-0.05, 0) is 38.0 Å². The van der Waals surface area contributed by atoms with Gasteiger partial charge < -0.3 is 16.0 Å². The van der Waals surface area contributed by atoms with Crippen molar-refractivity contribution in [2.75, 3.05) is 23.3 Å². The Hall–Kier alpha value is -1.55. The summed E-state index contributed by atoms with van der Waals surface area (Å²) in [5, 5.41) is 2.89. The summed E-state index contributed by atoms with van der Waals surface area (Å²) in [6.07, 6.45) is 2.86. The average molecular weight is 247 g/mol. The van der Waals surface area contributed by atoms with Crippen LogP contribution in [0.15, 0.2) is 24.3 Å². The second kappa shape index (κ2) is 5.87. The summed E-state index contributed by atoms with van der Waals surface area (Å²) in [6, 6.07) is 7.91. The van der Waals surface area contributed by atoms with E-state index in [0.29, 0.717) is 6.42 Å². The molecular weight excluding hydrogens is 226 g/mol. The van der Waals surface area contributed by atoms with Crippen molar-refractivity contribution in [1.82, 2.24) is 0 Å². The van der Waals surface area contributed by atoms with Gasteiger partial charge in [0.2, 0.25) is 5.91 Å². The first-order valence-corrected chi connectivity index (χ1v) is 6.55. The van der Waals surface area contributed by atoms with E-state index in [-0.39, 0.29) is 11.9 Å². The quantitative estimate of drug-likeness (QED) is 0.855. The van der Waals surface area contributed by atoms with E-state index in [2.05, 4.69) is 16.3 Å². The van der Waals surface area contributed by atoms with Crippen LogP contribution in [0.5, 0.6) is 0 Å². The molecule has 98 valence electrons. The van der Waals surface area contributed by atoms with Gasteiger partial charge in [-0.3, -0.25) is 4.79 Å². The number of anilines is 2. The molecule has 0 spiro atoms. The number of amides is 1. The highest BCUT2D eigenvalue weighted by Crippen LogP contribution is 2.23. The van der Waals surface area contributed by atoms with E-state index < -0.39 is 0 Å². The molecule has 0 aromatic heterocycles. The first-order chi connectivity index (χ1) is 8.65. The van der Waals surface area contributed by atoms with Crippen LogP contribution in [-0.4, -0.2) is 25.0 Å². The minimum Gasteiger partial charge on any atom is -0.371 e. The van der Waals surface area contributed by atoms with E-state index in [1.54, 1.807) is 0 Å². The standard InChI is InChI=1S/C14H21N3O/c1-11(15)9-14(18)16-12-5-4-6-13(10-12)17-7-2-3-8-17/h4-6,10-11H,2-3,7-9,15H2,1H3,(H,16,18). The Bertz CT molecular complexity index is 411. The van der Waals surface area contributed by atoms with E-state index in [0.717, 1.165) is 18.8 Å². The zero-order valence-electron chi connectivity index (χ0n) is 10.9. The average Bonchev–Trinajstić information content (AvgIpc) is 2.81. The molecule has 1 aromatic rings. The van der Waals surface area contributed by atoms with Gasteiger partial charge in [0.15, 0.2) is 0 Å². The van der Waals surface area contributed by atoms with Crippen molar-refractivity contribution in [3.8, 4) is 0 Å². The molecule has 1 amide bonds. The molecule has 18 heavy (non-hydrogen) atoms. The summed E-state index contributed by atoms with van der Waals surface area (Å²) in [6.45, 7) is 4.05. The van der Waals surface area contributed by atoms with Crippen molar-refractivity contribution in [3.63, 3.8) is 0 Å². The fourth-order valence-electron chi connectivity index (χ4n) is 2.26. The van der Waals surface area contributed by atoms with Gasteiger partial charge in [-0.1, -0.05) is 6.07 Å².